The quantitative estimate of drug-likeness (QED) is 0.820. The van der Waals surface area contributed by atoms with Gasteiger partial charge in [-0.2, -0.15) is 0 Å². The lowest BCUT2D eigenvalue weighted by atomic mass is 10.3. The maximum absolute atomic E-state index is 12.1. The normalized spacial score (nSPS) is 18.4. The highest BCUT2D eigenvalue weighted by Crippen LogP contribution is 2.30. The van der Waals surface area contributed by atoms with E-state index < -0.39 is 11.2 Å². The number of imide groups is 1. The molecule has 20 heavy (non-hydrogen) atoms. The highest BCUT2D eigenvalue weighted by atomic mass is 32.2. The monoisotopic (exact) mass is 295 g/mol. The standard InChI is InChI=1S/C13H13NO5S/c1-19-9-4-2-8(3-5-9)14-11(15)6-10(13(14)18)20-7-12(16)17/h2-5,10H,6-7H2,1H3,(H,16,17)/t10-/m1/s1. The number of hydrogen-bond donors (Lipinski definition) is 1. The number of rotatable bonds is 5. The summed E-state index contributed by atoms with van der Waals surface area (Å²) in [6, 6.07) is 6.57. The molecule has 1 fully saturated rings. The Bertz CT molecular complexity index is 542. The molecule has 0 unspecified atom stereocenters. The van der Waals surface area contributed by atoms with Crippen LogP contribution in [0.3, 0.4) is 0 Å². The van der Waals surface area contributed by atoms with Crippen LogP contribution in [0, 0.1) is 0 Å². The number of thioether (sulfide) groups is 1. The topological polar surface area (TPSA) is 83.9 Å². The first-order valence-corrected chi connectivity index (χ1v) is 6.92. The van der Waals surface area contributed by atoms with Gasteiger partial charge in [0.1, 0.15) is 5.75 Å². The van der Waals surface area contributed by atoms with Gasteiger partial charge in [-0.1, -0.05) is 0 Å². The van der Waals surface area contributed by atoms with Crippen LogP contribution < -0.4 is 9.64 Å². The fourth-order valence-electron chi connectivity index (χ4n) is 1.91. The Kier molecular flexibility index (Phi) is 4.29. The fraction of sp³-hybridized carbons (Fsp3) is 0.308. The van der Waals surface area contributed by atoms with Crippen LogP contribution in [0.2, 0.25) is 0 Å². The summed E-state index contributed by atoms with van der Waals surface area (Å²) in [6.07, 6.45) is 0.0306. The second-order valence-corrected chi connectivity index (χ2v) is 5.35. The van der Waals surface area contributed by atoms with Gasteiger partial charge in [-0.3, -0.25) is 14.4 Å². The van der Waals surface area contributed by atoms with E-state index in [4.69, 9.17) is 9.84 Å². The van der Waals surface area contributed by atoms with Crippen LogP contribution in [-0.4, -0.2) is 41.0 Å². The first-order valence-electron chi connectivity index (χ1n) is 5.87. The predicted molar refractivity (Wildman–Crippen MR) is 74.0 cm³/mol. The van der Waals surface area contributed by atoms with E-state index in [0.717, 1.165) is 16.7 Å². The van der Waals surface area contributed by atoms with Gasteiger partial charge in [0.2, 0.25) is 11.8 Å². The van der Waals surface area contributed by atoms with Gasteiger partial charge in [0.05, 0.1) is 23.8 Å². The van der Waals surface area contributed by atoms with Crippen molar-refractivity contribution in [1.29, 1.82) is 0 Å². The minimum Gasteiger partial charge on any atom is -0.497 e. The molecule has 1 atom stereocenters. The average molecular weight is 295 g/mol. The van der Waals surface area contributed by atoms with E-state index in [1.807, 2.05) is 0 Å². The van der Waals surface area contributed by atoms with Crippen LogP contribution in [0.5, 0.6) is 5.75 Å². The summed E-state index contributed by atoms with van der Waals surface area (Å²) >= 11 is 0.974. The number of amides is 2. The molecule has 0 spiro atoms. The van der Waals surface area contributed by atoms with Gasteiger partial charge in [-0.15, -0.1) is 11.8 Å². The number of benzene rings is 1. The maximum atomic E-state index is 12.1. The second kappa shape index (κ2) is 5.96. The van der Waals surface area contributed by atoms with Crippen LogP contribution >= 0.6 is 11.8 Å². The van der Waals surface area contributed by atoms with E-state index in [9.17, 15) is 14.4 Å². The number of carbonyl (C=O) groups is 3. The zero-order valence-corrected chi connectivity index (χ0v) is 11.6. The number of methoxy groups -OCH3 is 1. The number of carboxylic acid groups (broad SMARTS) is 1. The van der Waals surface area contributed by atoms with Crippen molar-refractivity contribution in [2.24, 2.45) is 0 Å². The summed E-state index contributed by atoms with van der Waals surface area (Å²) in [5, 5.41) is 8.00. The molecule has 1 saturated heterocycles. The number of carbonyl (C=O) groups excluding carboxylic acids is 2. The molecule has 0 bridgehead atoms. The molecule has 1 aliphatic rings. The summed E-state index contributed by atoms with van der Waals surface area (Å²) in [6.45, 7) is 0. The smallest absolute Gasteiger partial charge is 0.313 e. The number of anilines is 1. The minimum absolute atomic E-state index is 0.0306. The molecule has 1 aromatic carbocycles. The van der Waals surface area contributed by atoms with Gasteiger partial charge >= 0.3 is 5.97 Å². The molecule has 1 N–H and O–H groups in total. The number of carboxylic acids is 1. The van der Waals surface area contributed by atoms with E-state index in [1.54, 1.807) is 24.3 Å². The van der Waals surface area contributed by atoms with E-state index in [0.29, 0.717) is 11.4 Å². The van der Waals surface area contributed by atoms with E-state index >= 15 is 0 Å². The van der Waals surface area contributed by atoms with Crippen molar-refractivity contribution >= 4 is 35.2 Å². The molecule has 1 heterocycles. The summed E-state index contributed by atoms with van der Waals surface area (Å²) < 4.78 is 5.01. The molecular weight excluding hydrogens is 282 g/mol. The third-order valence-corrected chi connectivity index (χ3v) is 4.03. The number of aliphatic carboxylic acids is 1. The zero-order valence-electron chi connectivity index (χ0n) is 10.7. The SMILES string of the molecule is COc1ccc(N2C(=O)C[C@@H](SCC(=O)O)C2=O)cc1. The Morgan fingerprint density at radius 1 is 1.40 bits per heavy atom. The number of hydrogen-bond acceptors (Lipinski definition) is 5. The van der Waals surface area contributed by atoms with Gasteiger partial charge in [0.25, 0.3) is 0 Å². The molecule has 6 nitrogen and oxygen atoms in total. The molecule has 0 saturated carbocycles. The Morgan fingerprint density at radius 2 is 2.05 bits per heavy atom. The van der Waals surface area contributed by atoms with E-state index in [-0.39, 0.29) is 24.0 Å². The fourth-order valence-corrected chi connectivity index (χ4v) is 2.76. The van der Waals surface area contributed by atoms with Gasteiger partial charge in [0.15, 0.2) is 0 Å². The lowest BCUT2D eigenvalue weighted by molar-refractivity contribution is -0.134. The highest BCUT2D eigenvalue weighted by molar-refractivity contribution is 8.01. The van der Waals surface area contributed by atoms with Crippen molar-refractivity contribution in [3.63, 3.8) is 0 Å². The van der Waals surface area contributed by atoms with Crippen LogP contribution in [-0.2, 0) is 14.4 Å². The highest BCUT2D eigenvalue weighted by Gasteiger charge is 2.39. The predicted octanol–water partition coefficient (Wildman–Crippen LogP) is 1.14. The number of nitrogens with zero attached hydrogens (tertiary/aromatic N) is 1. The summed E-state index contributed by atoms with van der Waals surface area (Å²) in [5.74, 6) is -1.25. The van der Waals surface area contributed by atoms with E-state index in [1.165, 1.54) is 7.11 Å². The Morgan fingerprint density at radius 3 is 2.60 bits per heavy atom. The summed E-state index contributed by atoms with van der Waals surface area (Å²) in [5.41, 5.74) is 0.472. The van der Waals surface area contributed by atoms with Gasteiger partial charge in [-0.05, 0) is 24.3 Å². The Balaban J connectivity index is 2.13. The molecule has 0 aliphatic carbocycles. The average Bonchev–Trinajstić information content (AvgIpc) is 2.71. The first-order chi connectivity index (χ1) is 9.52. The van der Waals surface area contributed by atoms with E-state index in [2.05, 4.69) is 0 Å². The molecule has 7 heteroatoms. The Hall–Kier alpha value is -2.02. The summed E-state index contributed by atoms with van der Waals surface area (Å²) in [4.78, 5) is 35.7. The van der Waals surface area contributed by atoms with Crippen molar-refractivity contribution in [2.75, 3.05) is 17.8 Å². The lowest BCUT2D eigenvalue weighted by Gasteiger charge is -2.15. The first kappa shape index (κ1) is 14.4. The van der Waals surface area contributed by atoms with Crippen molar-refractivity contribution in [2.45, 2.75) is 11.7 Å². The van der Waals surface area contributed by atoms with Gasteiger partial charge < -0.3 is 9.84 Å². The van der Waals surface area contributed by atoms with Crippen LogP contribution in [0.25, 0.3) is 0 Å². The minimum atomic E-state index is -1.00. The van der Waals surface area contributed by atoms with Crippen molar-refractivity contribution < 1.29 is 24.2 Å². The molecule has 2 amide bonds. The molecule has 1 aliphatic heterocycles. The van der Waals surface area contributed by atoms with Crippen LogP contribution in [0.1, 0.15) is 6.42 Å². The maximum Gasteiger partial charge on any atom is 0.313 e. The second-order valence-electron chi connectivity index (χ2n) is 4.16. The largest absolute Gasteiger partial charge is 0.497 e. The third kappa shape index (κ3) is 2.93. The lowest BCUT2D eigenvalue weighted by Crippen LogP contribution is -2.31. The Labute approximate surface area is 119 Å². The third-order valence-electron chi connectivity index (χ3n) is 2.84. The van der Waals surface area contributed by atoms with Gasteiger partial charge in [-0.25, -0.2) is 4.90 Å². The van der Waals surface area contributed by atoms with Crippen molar-refractivity contribution in [3.8, 4) is 5.75 Å². The zero-order chi connectivity index (χ0) is 14.7. The molecular formula is C13H13NO5S. The van der Waals surface area contributed by atoms with Crippen LogP contribution in [0.15, 0.2) is 24.3 Å². The molecule has 0 radical (unpaired) electrons. The molecule has 2 rings (SSSR count). The molecule has 0 aromatic heterocycles. The molecule has 1 aromatic rings. The molecule has 106 valence electrons. The van der Waals surface area contributed by atoms with Crippen LogP contribution in [0.4, 0.5) is 5.69 Å². The van der Waals surface area contributed by atoms with Crippen molar-refractivity contribution in [1.82, 2.24) is 0 Å². The van der Waals surface area contributed by atoms with Gasteiger partial charge in [0, 0.05) is 6.42 Å². The van der Waals surface area contributed by atoms with Crippen molar-refractivity contribution in [3.05, 3.63) is 24.3 Å². The summed E-state index contributed by atoms with van der Waals surface area (Å²) in [7, 11) is 1.53. The number of ether oxygens (including phenoxy) is 1.